The number of rotatable bonds is 2. The molecule has 2 heterocycles. The highest BCUT2D eigenvalue weighted by Crippen LogP contribution is 2.38. The first-order valence-corrected chi connectivity index (χ1v) is 9.11. The highest BCUT2D eigenvalue weighted by molar-refractivity contribution is 6.02. The van der Waals surface area contributed by atoms with Gasteiger partial charge in [-0.25, -0.2) is 0 Å². The number of carbonyl (C=O) groups excluding carboxylic acids is 3. The molecule has 0 radical (unpaired) electrons. The van der Waals surface area contributed by atoms with E-state index in [1.165, 1.54) is 0 Å². The first-order valence-electron chi connectivity index (χ1n) is 9.11. The number of ketones is 1. The van der Waals surface area contributed by atoms with Crippen molar-refractivity contribution in [1.82, 2.24) is 5.32 Å². The molecule has 2 amide bonds. The van der Waals surface area contributed by atoms with Crippen molar-refractivity contribution in [1.29, 1.82) is 0 Å². The van der Waals surface area contributed by atoms with Crippen LogP contribution in [0.3, 0.4) is 0 Å². The van der Waals surface area contributed by atoms with Gasteiger partial charge in [-0.1, -0.05) is 12.1 Å². The van der Waals surface area contributed by atoms with Crippen LogP contribution in [0.5, 0.6) is 0 Å². The molecule has 1 unspecified atom stereocenters. The second-order valence-electron chi connectivity index (χ2n) is 7.11. The van der Waals surface area contributed by atoms with E-state index in [9.17, 15) is 14.4 Å². The van der Waals surface area contributed by atoms with E-state index < -0.39 is 0 Å². The van der Waals surface area contributed by atoms with Gasteiger partial charge in [0.2, 0.25) is 11.8 Å². The van der Waals surface area contributed by atoms with Crippen molar-refractivity contribution in [2.24, 2.45) is 0 Å². The number of anilines is 2. The van der Waals surface area contributed by atoms with Crippen LogP contribution in [0.4, 0.5) is 11.4 Å². The zero-order valence-corrected chi connectivity index (χ0v) is 14.2. The monoisotopic (exact) mass is 341 g/mol. The fourth-order valence-electron chi connectivity index (χ4n) is 4.32. The molecule has 132 valence electrons. The fourth-order valence-corrected chi connectivity index (χ4v) is 4.32. The number of piperidine rings is 1. The summed E-state index contributed by atoms with van der Waals surface area (Å²) in [6.45, 7) is 1.60. The summed E-state index contributed by atoms with van der Waals surface area (Å²) in [6.07, 6.45) is 4.11. The number of imide groups is 1. The third-order valence-corrected chi connectivity index (χ3v) is 5.62. The predicted octanol–water partition coefficient (Wildman–Crippen LogP) is 1.63. The number of fused-ring (bicyclic) bond motifs is 1. The molecule has 6 nitrogen and oxygen atoms in total. The number of hydrogen-bond donors (Lipinski definition) is 1. The van der Waals surface area contributed by atoms with Crippen LogP contribution in [-0.4, -0.2) is 42.8 Å². The highest BCUT2D eigenvalue weighted by Gasteiger charge is 2.37. The molecule has 4 rings (SSSR count). The van der Waals surface area contributed by atoms with Crippen molar-refractivity contribution >= 4 is 29.0 Å². The molecule has 1 saturated heterocycles. The largest absolute Gasteiger partial charge is 0.365 e. The van der Waals surface area contributed by atoms with E-state index in [0.717, 1.165) is 37.3 Å². The topological polar surface area (TPSA) is 69.7 Å². The number of para-hydroxylation sites is 2. The summed E-state index contributed by atoms with van der Waals surface area (Å²) < 4.78 is 0. The Hall–Kier alpha value is -2.37. The van der Waals surface area contributed by atoms with Gasteiger partial charge in [0.1, 0.15) is 11.8 Å². The van der Waals surface area contributed by atoms with Gasteiger partial charge in [0.25, 0.3) is 0 Å². The zero-order valence-electron chi connectivity index (χ0n) is 14.2. The Labute approximate surface area is 147 Å². The average molecular weight is 341 g/mol. The summed E-state index contributed by atoms with van der Waals surface area (Å²) in [5, 5.41) is 2.47. The minimum absolute atomic E-state index is 0.181. The van der Waals surface area contributed by atoms with Crippen molar-refractivity contribution in [3.63, 3.8) is 0 Å². The molecule has 1 N–H and O–H groups in total. The van der Waals surface area contributed by atoms with Crippen LogP contribution in [0.1, 0.15) is 38.5 Å². The van der Waals surface area contributed by atoms with Gasteiger partial charge >= 0.3 is 0 Å². The molecule has 0 spiro atoms. The number of carbonyl (C=O) groups is 3. The van der Waals surface area contributed by atoms with Gasteiger partial charge in [0, 0.05) is 38.4 Å². The lowest BCUT2D eigenvalue weighted by Gasteiger charge is -2.46. The van der Waals surface area contributed by atoms with E-state index in [0.29, 0.717) is 37.5 Å². The Morgan fingerprint density at radius 2 is 1.48 bits per heavy atom. The number of amides is 2. The number of nitrogens with zero attached hydrogens (tertiary/aromatic N) is 2. The number of nitrogens with one attached hydrogen (secondary N) is 1. The Bertz CT molecular complexity index is 708. The van der Waals surface area contributed by atoms with E-state index in [4.69, 9.17) is 0 Å². The lowest BCUT2D eigenvalue weighted by Crippen LogP contribution is -2.57. The molecule has 0 bridgehead atoms. The first-order chi connectivity index (χ1) is 12.1. The van der Waals surface area contributed by atoms with Crippen molar-refractivity contribution in [2.75, 3.05) is 22.9 Å². The van der Waals surface area contributed by atoms with Crippen molar-refractivity contribution in [3.05, 3.63) is 24.3 Å². The van der Waals surface area contributed by atoms with Crippen LogP contribution in [-0.2, 0) is 14.4 Å². The van der Waals surface area contributed by atoms with E-state index in [2.05, 4.69) is 27.2 Å². The molecule has 2 aliphatic heterocycles. The van der Waals surface area contributed by atoms with E-state index in [1.807, 2.05) is 12.1 Å². The first kappa shape index (κ1) is 16.1. The highest BCUT2D eigenvalue weighted by atomic mass is 16.2. The second kappa shape index (κ2) is 6.50. The quantitative estimate of drug-likeness (QED) is 0.828. The predicted molar refractivity (Wildman–Crippen MR) is 94.6 cm³/mol. The van der Waals surface area contributed by atoms with Gasteiger partial charge in [-0.05, 0) is 31.4 Å². The molecular formula is C19H23N3O3. The smallest absolute Gasteiger partial charge is 0.249 e. The average Bonchev–Trinajstić information content (AvgIpc) is 2.62. The maximum Gasteiger partial charge on any atom is 0.249 e. The molecule has 0 aromatic heterocycles. The lowest BCUT2D eigenvalue weighted by molar-refractivity contribution is -0.134. The minimum atomic E-state index is -0.283. The van der Waals surface area contributed by atoms with Gasteiger partial charge in [-0.3, -0.25) is 19.7 Å². The van der Waals surface area contributed by atoms with Gasteiger partial charge in [-0.15, -0.1) is 0 Å². The van der Waals surface area contributed by atoms with Gasteiger partial charge < -0.3 is 9.80 Å². The summed E-state index contributed by atoms with van der Waals surface area (Å²) in [5.74, 6) is -0.00507. The fraction of sp³-hybridized carbons (Fsp3) is 0.526. The summed E-state index contributed by atoms with van der Waals surface area (Å²) in [5.41, 5.74) is 2.19. The van der Waals surface area contributed by atoms with Crippen molar-refractivity contribution in [3.8, 4) is 0 Å². The zero-order chi connectivity index (χ0) is 17.4. The summed E-state index contributed by atoms with van der Waals surface area (Å²) in [6, 6.07) is 8.28. The standard InChI is InChI=1S/C19H23N3O3/c23-14-7-5-13(6-8-14)21-11-12-22(16-4-2-1-3-15(16)21)17-9-10-18(24)20-19(17)25/h1-4,13,17H,5-12H2,(H,20,24,25). The molecule has 25 heavy (non-hydrogen) atoms. The Balaban J connectivity index is 1.60. The molecule has 1 atom stereocenters. The molecule has 1 saturated carbocycles. The third-order valence-electron chi connectivity index (χ3n) is 5.62. The minimum Gasteiger partial charge on any atom is -0.365 e. The van der Waals surface area contributed by atoms with E-state index in [-0.39, 0.29) is 17.9 Å². The summed E-state index contributed by atoms with van der Waals surface area (Å²) in [4.78, 5) is 39.9. The molecule has 2 fully saturated rings. The van der Waals surface area contributed by atoms with Crippen LogP contribution in [0.2, 0.25) is 0 Å². The van der Waals surface area contributed by atoms with Crippen LogP contribution >= 0.6 is 0 Å². The number of hydrogen-bond acceptors (Lipinski definition) is 5. The molecule has 1 aromatic rings. The maximum atomic E-state index is 12.3. The van der Waals surface area contributed by atoms with Crippen molar-refractivity contribution in [2.45, 2.75) is 50.6 Å². The third kappa shape index (κ3) is 3.01. The van der Waals surface area contributed by atoms with Crippen LogP contribution in [0, 0.1) is 0 Å². The van der Waals surface area contributed by atoms with E-state index >= 15 is 0 Å². The number of benzene rings is 1. The summed E-state index contributed by atoms with van der Waals surface area (Å²) in [7, 11) is 0. The van der Waals surface area contributed by atoms with E-state index in [1.54, 1.807) is 0 Å². The Morgan fingerprint density at radius 1 is 0.840 bits per heavy atom. The maximum absolute atomic E-state index is 12.3. The SMILES string of the molecule is O=C1CCC(N2CCN(C3CCC(=O)NC3=O)c3ccccc32)CC1. The molecule has 1 aliphatic carbocycles. The van der Waals surface area contributed by atoms with Crippen LogP contribution < -0.4 is 15.1 Å². The molecule has 6 heteroatoms. The molecular weight excluding hydrogens is 318 g/mol. The van der Waals surface area contributed by atoms with Crippen molar-refractivity contribution < 1.29 is 14.4 Å². The number of Topliss-reactive ketones (excluding diaryl/α,β-unsaturated/α-hetero) is 1. The Kier molecular flexibility index (Phi) is 4.19. The summed E-state index contributed by atoms with van der Waals surface area (Å²) >= 11 is 0. The van der Waals surface area contributed by atoms with Gasteiger partial charge in [0.05, 0.1) is 11.4 Å². The Morgan fingerprint density at radius 3 is 2.16 bits per heavy atom. The van der Waals surface area contributed by atoms with Crippen LogP contribution in [0.15, 0.2) is 24.3 Å². The second-order valence-corrected chi connectivity index (χ2v) is 7.11. The van der Waals surface area contributed by atoms with Gasteiger partial charge in [-0.2, -0.15) is 0 Å². The van der Waals surface area contributed by atoms with Crippen LogP contribution in [0.25, 0.3) is 0 Å². The normalized spacial score (nSPS) is 25.0. The lowest BCUT2D eigenvalue weighted by atomic mass is 9.91. The van der Waals surface area contributed by atoms with Gasteiger partial charge in [0.15, 0.2) is 0 Å². The molecule has 1 aromatic carbocycles. The molecule has 3 aliphatic rings.